The number of amides is 4. The zero-order chi connectivity index (χ0) is 71.8. The van der Waals surface area contributed by atoms with Gasteiger partial charge in [-0.3, -0.25) is 0 Å². The van der Waals surface area contributed by atoms with Crippen molar-refractivity contribution in [3.05, 3.63) is 80.4 Å². The van der Waals surface area contributed by atoms with Gasteiger partial charge >= 0.3 is 93.7 Å². The van der Waals surface area contributed by atoms with Crippen molar-refractivity contribution in [2.75, 3.05) is 151 Å². The van der Waals surface area contributed by atoms with Crippen molar-refractivity contribution >= 4 is 59.5 Å². The molecule has 3 rings (SSSR count). The fourth-order valence-electron chi connectivity index (χ4n) is 8.78. The first-order valence-electron chi connectivity index (χ1n) is 29.7. The molecule has 0 radical (unpaired) electrons. The van der Waals surface area contributed by atoms with Crippen LogP contribution in [0.5, 0.6) is 0 Å². The number of aliphatic hydroxyl groups is 3. The maximum atomic E-state index is 13.4. The second kappa shape index (κ2) is 45.9. The summed E-state index contributed by atoms with van der Waals surface area (Å²) in [6.45, 7) is 0.0989. The van der Waals surface area contributed by atoms with Crippen LogP contribution in [-0.2, 0) is 107 Å². The highest BCUT2D eigenvalue weighted by Crippen LogP contribution is 2.17. The van der Waals surface area contributed by atoms with Gasteiger partial charge in [0.2, 0.25) is 0 Å². The van der Waals surface area contributed by atoms with E-state index in [1.54, 1.807) is 21.3 Å². The number of alkyl carbamates (subject to hydrolysis) is 3. The lowest BCUT2D eigenvalue weighted by Gasteiger charge is -2.24. The summed E-state index contributed by atoms with van der Waals surface area (Å²) in [5.74, 6) is 0. The minimum absolute atomic E-state index is 0.189. The van der Waals surface area contributed by atoms with E-state index in [-0.39, 0.29) is 45.3 Å². The Labute approximate surface area is 552 Å². The summed E-state index contributed by atoms with van der Waals surface area (Å²) in [5.41, 5.74) is -4.16. The molecule has 3 heterocycles. The second-order valence-corrected chi connectivity index (χ2v) is 32.0. The van der Waals surface area contributed by atoms with Gasteiger partial charge in [-0.1, -0.05) is 0 Å². The van der Waals surface area contributed by atoms with Crippen molar-refractivity contribution in [2.45, 2.75) is 103 Å². The number of hydrogen-bond acceptors (Lipinski definition) is 29. The molecule has 4 amide bonds. The van der Waals surface area contributed by atoms with Gasteiger partial charge in [-0.05, 0) is 45.6 Å². The van der Waals surface area contributed by atoms with Crippen molar-refractivity contribution in [3.8, 4) is 0 Å². The number of nitrogens with one attached hydrogen (secondary N) is 4. The number of ether oxygens (including phenoxy) is 3. The average Bonchev–Trinajstić information content (AvgIpc) is 1.33. The third-order valence-corrected chi connectivity index (χ3v) is 25.4. The Morgan fingerprint density at radius 2 is 0.600 bits per heavy atom. The summed E-state index contributed by atoms with van der Waals surface area (Å²) < 4.78 is 85.0. The van der Waals surface area contributed by atoms with Gasteiger partial charge in [0.15, 0.2) is 0 Å². The molecule has 40 nitrogen and oxygen atoms in total. The lowest BCUT2D eigenvalue weighted by atomic mass is 10.4. The molecule has 0 fully saturated rings. The molecule has 0 aliphatic rings. The third kappa shape index (κ3) is 27.6. The first-order chi connectivity index (χ1) is 45.3. The molecule has 0 saturated carbocycles. The van der Waals surface area contributed by atoms with Gasteiger partial charge < -0.3 is 104 Å². The van der Waals surface area contributed by atoms with Crippen molar-refractivity contribution in [1.29, 1.82) is 0 Å². The van der Waals surface area contributed by atoms with Gasteiger partial charge in [0.05, 0.1) is 64.8 Å². The summed E-state index contributed by atoms with van der Waals surface area (Å²) in [4.78, 5) is 124. The molecule has 0 unspecified atom stereocenters. The Balaban J connectivity index is 0.000000950. The van der Waals surface area contributed by atoms with Gasteiger partial charge in [0, 0.05) is 141 Å². The highest BCUT2D eigenvalue weighted by molar-refractivity contribution is 6.61. The number of aryl methyl sites for hydroxylation is 2. The largest absolute Gasteiger partial charge is 0.500 e. The summed E-state index contributed by atoms with van der Waals surface area (Å²) >= 11 is 0. The third-order valence-electron chi connectivity index (χ3n) is 14.0. The first kappa shape index (κ1) is 86.6. The van der Waals surface area contributed by atoms with E-state index in [9.17, 15) is 47.9 Å². The van der Waals surface area contributed by atoms with E-state index in [1.165, 1.54) is 68.7 Å². The van der Waals surface area contributed by atoms with Gasteiger partial charge in [0.1, 0.15) is 19.8 Å². The van der Waals surface area contributed by atoms with Gasteiger partial charge in [-0.25, -0.2) is 75.3 Å². The maximum absolute atomic E-state index is 13.4. The Morgan fingerprint density at radius 3 is 0.800 bits per heavy atom. The van der Waals surface area contributed by atoms with Gasteiger partial charge in [-0.15, -0.1) is 0 Å². The number of nitrogens with zero attached hydrogens (tertiary/aromatic N) is 8. The van der Waals surface area contributed by atoms with Crippen LogP contribution in [0.25, 0.3) is 0 Å². The van der Waals surface area contributed by atoms with E-state index in [1.807, 2.05) is 19.9 Å². The highest BCUT2D eigenvalue weighted by Gasteiger charge is 2.39. The summed E-state index contributed by atoms with van der Waals surface area (Å²) in [7, 11) is 6.92. The smallest absolute Gasteiger partial charge is 0.448 e. The Kier molecular flexibility index (Phi) is 41.8. The topological polar surface area (TPSA) is 465 Å². The molecule has 0 aliphatic heterocycles. The minimum Gasteiger partial charge on any atom is -0.448 e. The van der Waals surface area contributed by atoms with E-state index < -0.39 is 147 Å². The molecule has 3 aromatic heterocycles. The molecule has 0 aliphatic carbocycles. The molecule has 0 spiro atoms. The molecule has 0 atom stereocenters. The number of rotatable bonds is 43. The van der Waals surface area contributed by atoms with Crippen molar-refractivity contribution in [3.63, 3.8) is 0 Å². The number of aliphatic hydroxyl groups excluding tert-OH is 3. The Bertz CT molecular complexity index is 2790. The molecule has 0 saturated heterocycles. The number of carbonyl (C=O) groups excluding carboxylic acids is 4. The van der Waals surface area contributed by atoms with Crippen LogP contribution in [0.15, 0.2) is 34.8 Å². The first-order valence-corrected chi connectivity index (χ1v) is 37.4. The normalized spacial score (nSPS) is 11.7. The Morgan fingerprint density at radius 1 is 0.379 bits per heavy atom. The van der Waals surface area contributed by atoms with Gasteiger partial charge in [0.25, 0.3) is 0 Å². The molecule has 546 valence electrons. The van der Waals surface area contributed by atoms with Crippen LogP contribution in [0.4, 0.5) is 19.2 Å². The maximum Gasteiger partial charge on any atom is 0.500 e. The molecular weight excluding hydrogens is 1340 g/mol. The SMILES string of the molecule is CO[Si](CCCNC(=O)OCCn1c(=O)n(CCOC(=O)NCCC[Si](OC)(OC)OC)c(=O)n(CCOC(=O)NCCC[Si](OC)(OC)OC)c1=O)(OC)OC.CO[Si](CCCNC(=O)n1nc(C)cc1C)(OC)OC.O=c1n(CCO)c(=O)n(CCO)c(=O)n1CCO. The van der Waals surface area contributed by atoms with Crippen LogP contribution in [0.2, 0.25) is 24.2 Å². The van der Waals surface area contributed by atoms with E-state index in [0.717, 1.165) is 11.4 Å². The van der Waals surface area contributed by atoms with Crippen molar-refractivity contribution in [1.82, 2.24) is 58.5 Å². The fraction of sp³-hybridized carbons (Fsp3) is 0.745. The van der Waals surface area contributed by atoms with E-state index >= 15 is 0 Å². The van der Waals surface area contributed by atoms with E-state index in [2.05, 4.69) is 26.4 Å². The lowest BCUT2D eigenvalue weighted by Crippen LogP contribution is -2.55. The summed E-state index contributed by atoms with van der Waals surface area (Å²) in [5, 5.41) is 40.9. The van der Waals surface area contributed by atoms with Crippen LogP contribution in [0.1, 0.15) is 37.1 Å². The van der Waals surface area contributed by atoms with Crippen LogP contribution in [-0.4, -0.2) is 263 Å². The molecule has 44 heteroatoms. The standard InChI is InChI=1S/C30H60N6O18Si3.C12H23N3O4Si.C9H15N3O6/c1-43-55(44-2,45-3)22-10-13-31-25(37)52-19-16-34-28(40)35(17-20-53-26(38)32-14-11-23-56(46-4,47-5)48-6)30(42)36(29(34)41)18-21-54-27(39)33-15-12-24-57(49-7,50-8)51-9;1-10-9-11(2)15(14-10)12(16)13-7-6-8-20(17-3,18-4)19-5;13-4-1-10-7(16)11(2-5-14)9(18)12(3-6-15)8(10)17/h10-24H2,1-9H3,(H,31,37)(H,32,38)(H,33,39);9H,6-8H2,1-5H3,(H,13,16);13-15H,1-6H2. The van der Waals surface area contributed by atoms with Crippen LogP contribution in [0.3, 0.4) is 0 Å². The van der Waals surface area contributed by atoms with Gasteiger partial charge in [-0.2, -0.15) is 9.78 Å². The fourth-order valence-corrected chi connectivity index (χ4v) is 15.7. The van der Waals surface area contributed by atoms with Crippen LogP contribution in [0, 0.1) is 13.8 Å². The van der Waals surface area contributed by atoms with Crippen LogP contribution >= 0.6 is 0 Å². The highest BCUT2D eigenvalue weighted by atomic mass is 28.4. The number of carbonyl (C=O) groups is 4. The molecule has 0 bridgehead atoms. The molecule has 95 heavy (non-hydrogen) atoms. The Hall–Kier alpha value is -6.42. The predicted octanol–water partition coefficient (Wildman–Crippen LogP) is -3.37. The molecular formula is C51H98N12O28Si4. The second-order valence-electron chi connectivity index (χ2n) is 19.6. The minimum atomic E-state index is -2.84. The zero-order valence-electron chi connectivity index (χ0n) is 56.7. The quantitative estimate of drug-likeness (QED) is 0.0165. The molecule has 3 aromatic rings. The summed E-state index contributed by atoms with van der Waals surface area (Å²) in [6.07, 6.45) is -0.421. The van der Waals surface area contributed by atoms with Crippen LogP contribution < -0.4 is 55.4 Å². The molecule has 0 aromatic carbocycles. The van der Waals surface area contributed by atoms with E-state index in [4.69, 9.17) is 82.6 Å². The predicted molar refractivity (Wildman–Crippen MR) is 343 cm³/mol. The number of aromatic nitrogens is 8. The van der Waals surface area contributed by atoms with E-state index in [0.29, 0.717) is 83.8 Å². The monoisotopic (exact) mass is 1440 g/mol. The van der Waals surface area contributed by atoms with Crippen molar-refractivity contribution in [2.24, 2.45) is 0 Å². The lowest BCUT2D eigenvalue weighted by molar-refractivity contribution is 0.121. The van der Waals surface area contributed by atoms with Crippen molar-refractivity contribution < 1.29 is 102 Å². The molecule has 7 N–H and O–H groups in total. The average molecular weight is 1440 g/mol. The number of hydrogen-bond donors (Lipinski definition) is 7. The zero-order valence-corrected chi connectivity index (χ0v) is 60.7. The summed E-state index contributed by atoms with van der Waals surface area (Å²) in [6, 6.07) is 3.54.